The van der Waals surface area contributed by atoms with Gasteiger partial charge in [-0.2, -0.15) is 13.2 Å². The van der Waals surface area contributed by atoms with Crippen molar-refractivity contribution in [2.45, 2.75) is 19.0 Å². The molecule has 162 valence electrons. The Hall–Kier alpha value is -3.74. The molecule has 4 aromatic rings. The molecule has 0 aliphatic carbocycles. The van der Waals surface area contributed by atoms with E-state index in [9.17, 15) is 18.0 Å². The van der Waals surface area contributed by atoms with Gasteiger partial charge in [0.1, 0.15) is 5.82 Å². The summed E-state index contributed by atoms with van der Waals surface area (Å²) in [6, 6.07) is 18.0. The summed E-state index contributed by atoms with van der Waals surface area (Å²) in [6.45, 7) is 0. The van der Waals surface area contributed by atoms with Crippen molar-refractivity contribution in [2.75, 3.05) is 0 Å². The van der Waals surface area contributed by atoms with Gasteiger partial charge in [-0.25, -0.2) is 4.98 Å². The lowest BCUT2D eigenvalue weighted by Gasteiger charge is -2.16. The minimum Gasteiger partial charge on any atom is -0.299 e. The number of benzene rings is 2. The highest BCUT2D eigenvalue weighted by Gasteiger charge is 2.31. The van der Waals surface area contributed by atoms with E-state index in [4.69, 9.17) is 4.98 Å². The van der Waals surface area contributed by atoms with Crippen LogP contribution in [0.25, 0.3) is 22.4 Å². The van der Waals surface area contributed by atoms with E-state index in [2.05, 4.69) is 4.98 Å². The molecule has 2 aromatic carbocycles. The summed E-state index contributed by atoms with van der Waals surface area (Å²) in [7, 11) is 1.60. The molecule has 7 heteroatoms. The summed E-state index contributed by atoms with van der Waals surface area (Å²) in [6.07, 6.45) is -0.195. The third-order valence-electron chi connectivity index (χ3n) is 5.30. The van der Waals surface area contributed by atoms with E-state index >= 15 is 0 Å². The Labute approximate surface area is 183 Å². The molecular formula is C25H20F3N3O. The van der Waals surface area contributed by atoms with Gasteiger partial charge in [-0.1, -0.05) is 42.5 Å². The van der Waals surface area contributed by atoms with Crippen LogP contribution in [0.5, 0.6) is 0 Å². The fourth-order valence-corrected chi connectivity index (χ4v) is 3.60. The molecule has 0 spiro atoms. The van der Waals surface area contributed by atoms with E-state index in [0.29, 0.717) is 29.9 Å². The van der Waals surface area contributed by atoms with Gasteiger partial charge in [-0.05, 0) is 41.8 Å². The Morgan fingerprint density at radius 2 is 1.59 bits per heavy atom. The highest BCUT2D eigenvalue weighted by atomic mass is 19.4. The van der Waals surface area contributed by atoms with E-state index in [1.807, 2.05) is 30.3 Å². The lowest BCUT2D eigenvalue weighted by Crippen LogP contribution is -2.25. The minimum atomic E-state index is -4.51. The van der Waals surface area contributed by atoms with E-state index in [1.165, 1.54) is 16.7 Å². The van der Waals surface area contributed by atoms with E-state index in [-0.39, 0.29) is 11.1 Å². The monoisotopic (exact) mass is 435 g/mol. The van der Waals surface area contributed by atoms with Crippen LogP contribution < -0.4 is 5.56 Å². The van der Waals surface area contributed by atoms with Crippen molar-refractivity contribution in [1.82, 2.24) is 14.5 Å². The molecule has 0 atom stereocenters. The zero-order chi connectivity index (χ0) is 22.7. The summed E-state index contributed by atoms with van der Waals surface area (Å²) >= 11 is 0. The first-order valence-electron chi connectivity index (χ1n) is 10.1. The molecule has 0 aliphatic heterocycles. The second-order valence-electron chi connectivity index (χ2n) is 7.42. The fraction of sp³-hybridized carbons (Fsp3) is 0.160. The zero-order valence-electron chi connectivity index (χ0n) is 17.3. The maximum Gasteiger partial charge on any atom is 0.416 e. The standard InChI is InChI=1S/C25H20F3N3O/c1-31-21(11-10-17-6-3-2-4-7-17)30-23(18-12-14-29-15-13-18)22(24(31)32)19-8-5-9-20(16-19)25(26,27)28/h2-9,12-16H,10-11H2,1H3. The molecule has 0 unspecified atom stereocenters. The molecule has 4 nitrogen and oxygen atoms in total. The summed E-state index contributed by atoms with van der Waals surface area (Å²) in [5.41, 5.74) is 1.17. The number of halogens is 3. The predicted octanol–water partition coefficient (Wildman–Crippen LogP) is 5.31. The zero-order valence-corrected chi connectivity index (χ0v) is 17.3. The number of hydrogen-bond donors (Lipinski definition) is 0. The molecule has 0 amide bonds. The summed E-state index contributed by atoms with van der Waals surface area (Å²) in [5, 5.41) is 0. The molecule has 0 N–H and O–H groups in total. The number of aromatic nitrogens is 3. The second-order valence-corrected chi connectivity index (χ2v) is 7.42. The molecule has 0 fully saturated rings. The SMILES string of the molecule is Cn1c(CCc2ccccc2)nc(-c2ccncc2)c(-c2cccc(C(F)(F)F)c2)c1=O. The topological polar surface area (TPSA) is 47.8 Å². The lowest BCUT2D eigenvalue weighted by molar-refractivity contribution is -0.137. The maximum atomic E-state index is 13.4. The van der Waals surface area contributed by atoms with Gasteiger partial charge in [0.05, 0.1) is 16.8 Å². The van der Waals surface area contributed by atoms with Crippen LogP contribution in [0.3, 0.4) is 0 Å². The first-order valence-corrected chi connectivity index (χ1v) is 10.1. The van der Waals surface area contributed by atoms with Gasteiger partial charge in [-0.15, -0.1) is 0 Å². The Balaban J connectivity index is 1.87. The molecule has 32 heavy (non-hydrogen) atoms. The summed E-state index contributed by atoms with van der Waals surface area (Å²) < 4.78 is 41.3. The van der Waals surface area contributed by atoms with Crippen molar-refractivity contribution in [3.8, 4) is 22.4 Å². The average Bonchev–Trinajstić information content (AvgIpc) is 2.80. The van der Waals surface area contributed by atoms with Crippen LogP contribution in [0.2, 0.25) is 0 Å². The third kappa shape index (κ3) is 4.46. The number of rotatable bonds is 5. The van der Waals surface area contributed by atoms with Crippen LogP contribution in [-0.2, 0) is 26.1 Å². The first kappa shape index (κ1) is 21.5. The van der Waals surface area contributed by atoms with Crippen LogP contribution in [0.4, 0.5) is 13.2 Å². The van der Waals surface area contributed by atoms with Crippen LogP contribution in [0.1, 0.15) is 17.0 Å². The van der Waals surface area contributed by atoms with Gasteiger partial charge in [-0.3, -0.25) is 14.3 Å². The maximum absolute atomic E-state index is 13.4. The number of aryl methyl sites for hydroxylation is 2. The summed E-state index contributed by atoms with van der Waals surface area (Å²) in [5.74, 6) is 0.557. The lowest BCUT2D eigenvalue weighted by atomic mass is 9.98. The Kier molecular flexibility index (Phi) is 5.90. The van der Waals surface area contributed by atoms with E-state index in [1.54, 1.807) is 31.6 Å². The van der Waals surface area contributed by atoms with Crippen LogP contribution in [0, 0.1) is 0 Å². The van der Waals surface area contributed by atoms with Crippen molar-refractivity contribution in [1.29, 1.82) is 0 Å². The van der Waals surface area contributed by atoms with Gasteiger partial charge in [0.15, 0.2) is 0 Å². The molecule has 0 radical (unpaired) electrons. The predicted molar refractivity (Wildman–Crippen MR) is 117 cm³/mol. The summed E-state index contributed by atoms with van der Waals surface area (Å²) in [4.78, 5) is 22.1. The third-order valence-corrected chi connectivity index (χ3v) is 5.30. The largest absolute Gasteiger partial charge is 0.416 e. The number of pyridine rings is 1. The van der Waals surface area contributed by atoms with Crippen molar-refractivity contribution < 1.29 is 13.2 Å². The number of nitrogens with zero attached hydrogens (tertiary/aromatic N) is 3. The van der Waals surface area contributed by atoms with E-state index in [0.717, 1.165) is 17.7 Å². The van der Waals surface area contributed by atoms with E-state index < -0.39 is 17.3 Å². The molecule has 4 rings (SSSR count). The molecule has 0 saturated carbocycles. The van der Waals surface area contributed by atoms with Gasteiger partial charge in [0.2, 0.25) is 0 Å². The van der Waals surface area contributed by atoms with Crippen LogP contribution in [-0.4, -0.2) is 14.5 Å². The molecule has 0 aliphatic rings. The van der Waals surface area contributed by atoms with Crippen molar-refractivity contribution in [3.63, 3.8) is 0 Å². The quantitative estimate of drug-likeness (QED) is 0.427. The number of alkyl halides is 3. The Morgan fingerprint density at radius 1 is 0.875 bits per heavy atom. The van der Waals surface area contributed by atoms with Crippen LogP contribution in [0.15, 0.2) is 83.9 Å². The van der Waals surface area contributed by atoms with Gasteiger partial charge in [0, 0.05) is 31.4 Å². The molecule has 0 saturated heterocycles. The van der Waals surface area contributed by atoms with Gasteiger partial charge < -0.3 is 0 Å². The molecule has 0 bridgehead atoms. The van der Waals surface area contributed by atoms with Crippen molar-refractivity contribution >= 4 is 0 Å². The highest BCUT2D eigenvalue weighted by molar-refractivity contribution is 5.80. The normalized spacial score (nSPS) is 11.5. The van der Waals surface area contributed by atoms with Crippen LogP contribution >= 0.6 is 0 Å². The highest BCUT2D eigenvalue weighted by Crippen LogP contribution is 2.34. The Morgan fingerprint density at radius 3 is 2.28 bits per heavy atom. The average molecular weight is 435 g/mol. The molecule has 2 heterocycles. The first-order chi connectivity index (χ1) is 15.3. The van der Waals surface area contributed by atoms with Gasteiger partial charge in [0.25, 0.3) is 5.56 Å². The molecule has 2 aromatic heterocycles. The second kappa shape index (κ2) is 8.78. The fourth-order valence-electron chi connectivity index (χ4n) is 3.60. The van der Waals surface area contributed by atoms with Gasteiger partial charge >= 0.3 is 6.18 Å². The van der Waals surface area contributed by atoms with Crippen molar-refractivity contribution in [3.05, 3.63) is 106 Å². The minimum absolute atomic E-state index is 0.133. The number of hydrogen-bond acceptors (Lipinski definition) is 3. The molecular weight excluding hydrogens is 415 g/mol. The van der Waals surface area contributed by atoms with Crippen molar-refractivity contribution in [2.24, 2.45) is 7.05 Å². The Bertz CT molecular complexity index is 1280. The smallest absolute Gasteiger partial charge is 0.299 e.